The normalized spacial score (nSPS) is 24.6. The maximum absolute atomic E-state index is 13.8. The Bertz CT molecular complexity index is 1070. The van der Waals surface area contributed by atoms with Crippen LogP contribution in [0.2, 0.25) is 0 Å². The lowest BCUT2D eigenvalue weighted by molar-refractivity contribution is 0.136. The third kappa shape index (κ3) is 2.86. The highest BCUT2D eigenvalue weighted by molar-refractivity contribution is 5.79. The number of hydrogen-bond acceptors (Lipinski definition) is 5. The maximum atomic E-state index is 13.8. The summed E-state index contributed by atoms with van der Waals surface area (Å²) < 4.78 is 15.6. The summed E-state index contributed by atoms with van der Waals surface area (Å²) in [6, 6.07) is 8.00. The molecule has 1 unspecified atom stereocenters. The average Bonchev–Trinajstić information content (AvgIpc) is 2.94. The van der Waals surface area contributed by atoms with E-state index in [0.29, 0.717) is 28.7 Å². The van der Waals surface area contributed by atoms with Gasteiger partial charge in [-0.1, -0.05) is 0 Å². The predicted octanol–water partition coefficient (Wildman–Crippen LogP) is 3.19. The van der Waals surface area contributed by atoms with Gasteiger partial charge in [0.2, 0.25) is 5.95 Å². The monoisotopic (exact) mass is 379 g/mol. The van der Waals surface area contributed by atoms with E-state index in [1.165, 1.54) is 12.1 Å². The zero-order chi connectivity index (χ0) is 19.3. The van der Waals surface area contributed by atoms with E-state index in [4.69, 9.17) is 4.98 Å². The topological polar surface area (TPSA) is 63.1 Å². The van der Waals surface area contributed by atoms with Gasteiger partial charge < -0.3 is 10.2 Å². The van der Waals surface area contributed by atoms with Gasteiger partial charge in [-0.3, -0.25) is 14.3 Å². The summed E-state index contributed by atoms with van der Waals surface area (Å²) in [7, 11) is 2.13. The average molecular weight is 379 g/mol. The molecule has 2 fully saturated rings. The molecule has 3 aromatic rings. The summed E-state index contributed by atoms with van der Waals surface area (Å²) in [6.07, 6.45) is 5.60. The molecule has 1 aromatic carbocycles. The number of halogens is 1. The first-order chi connectivity index (χ1) is 13.6. The molecule has 0 radical (unpaired) electrons. The van der Waals surface area contributed by atoms with Crippen molar-refractivity contribution in [2.24, 2.45) is 11.8 Å². The van der Waals surface area contributed by atoms with Crippen molar-refractivity contribution < 1.29 is 4.39 Å². The fourth-order valence-electron chi connectivity index (χ4n) is 4.95. The predicted molar refractivity (Wildman–Crippen MR) is 106 cm³/mol. The number of nitrogens with one attached hydrogen (secondary N) is 1. The van der Waals surface area contributed by atoms with Crippen molar-refractivity contribution in [3.63, 3.8) is 0 Å². The Morgan fingerprint density at radius 3 is 2.68 bits per heavy atom. The van der Waals surface area contributed by atoms with E-state index in [1.54, 1.807) is 23.0 Å². The summed E-state index contributed by atoms with van der Waals surface area (Å²) >= 11 is 0. The summed E-state index contributed by atoms with van der Waals surface area (Å²) in [5.74, 6) is 0.869. The van der Waals surface area contributed by atoms with Crippen molar-refractivity contribution in [3.05, 3.63) is 58.9 Å². The van der Waals surface area contributed by atoms with Crippen LogP contribution in [0.3, 0.4) is 0 Å². The minimum absolute atomic E-state index is 0.0723. The highest BCUT2D eigenvalue weighted by atomic mass is 19.1. The van der Waals surface area contributed by atoms with E-state index in [0.717, 1.165) is 31.6 Å². The Kier molecular flexibility index (Phi) is 4.12. The van der Waals surface area contributed by atoms with Gasteiger partial charge in [0, 0.05) is 25.3 Å². The fraction of sp³-hybridized carbons (Fsp3) is 0.381. The van der Waals surface area contributed by atoms with Crippen molar-refractivity contribution >= 4 is 22.5 Å². The molecule has 0 spiro atoms. The van der Waals surface area contributed by atoms with Gasteiger partial charge in [-0.05, 0) is 62.1 Å². The van der Waals surface area contributed by atoms with Gasteiger partial charge >= 0.3 is 0 Å². The van der Waals surface area contributed by atoms with Gasteiger partial charge in [0.15, 0.2) is 0 Å². The number of likely N-dealkylation sites (tertiary alicyclic amines) is 1. The first-order valence-electron chi connectivity index (χ1n) is 9.67. The largest absolute Gasteiger partial charge is 0.324 e. The van der Waals surface area contributed by atoms with Crippen molar-refractivity contribution in [3.8, 4) is 0 Å². The van der Waals surface area contributed by atoms with E-state index in [2.05, 4.69) is 22.2 Å². The van der Waals surface area contributed by atoms with Gasteiger partial charge in [-0.25, -0.2) is 9.37 Å². The van der Waals surface area contributed by atoms with Crippen LogP contribution in [0, 0.1) is 17.7 Å². The molecule has 1 aliphatic carbocycles. The molecule has 1 saturated heterocycles. The van der Waals surface area contributed by atoms with Gasteiger partial charge in [-0.15, -0.1) is 0 Å². The molecular formula is C21H22FN5O. The molecule has 2 bridgehead atoms. The van der Waals surface area contributed by atoms with Gasteiger partial charge in [0.05, 0.1) is 22.8 Å². The number of nitrogens with zero attached hydrogens (tertiary/aromatic N) is 4. The molecule has 1 aliphatic heterocycles. The van der Waals surface area contributed by atoms with Crippen LogP contribution < -0.4 is 10.9 Å². The van der Waals surface area contributed by atoms with Crippen LogP contribution in [0.5, 0.6) is 0 Å². The van der Waals surface area contributed by atoms with Crippen LogP contribution in [0.4, 0.5) is 16.0 Å². The first kappa shape index (κ1) is 17.3. The third-order valence-electron chi connectivity index (χ3n) is 6.04. The van der Waals surface area contributed by atoms with Crippen molar-refractivity contribution in [2.75, 3.05) is 25.5 Å². The minimum atomic E-state index is -0.419. The number of fused-ring (bicyclic) bond motifs is 3. The first-order valence-corrected chi connectivity index (χ1v) is 9.67. The Balaban J connectivity index is 1.70. The lowest BCUT2D eigenvalue weighted by Gasteiger charge is -2.37. The van der Waals surface area contributed by atoms with E-state index in [1.807, 2.05) is 12.1 Å². The molecule has 28 heavy (non-hydrogen) atoms. The Morgan fingerprint density at radius 2 is 1.96 bits per heavy atom. The minimum Gasteiger partial charge on any atom is -0.324 e. The molecule has 3 heterocycles. The van der Waals surface area contributed by atoms with Crippen LogP contribution in [0.15, 0.2) is 47.5 Å². The molecule has 0 amide bonds. The second kappa shape index (κ2) is 6.67. The standard InChI is InChI=1S/C21H22FN5O/c1-26-11-13-4-5-14(12-26)19(13)27-20(28)17-9-15(22)6-7-18(17)25-21(27)24-16-3-2-8-23-10-16/h2-3,6-10,13-14,19H,4-5,11-12H2,1H3,(H,24,25)/t13-,14+,19?. The molecule has 5 rings (SSSR count). The number of aromatic nitrogens is 3. The molecule has 2 aliphatic rings. The Labute approximate surface area is 162 Å². The van der Waals surface area contributed by atoms with Crippen LogP contribution in [0.1, 0.15) is 18.9 Å². The lowest BCUT2D eigenvalue weighted by atomic mass is 9.92. The van der Waals surface area contributed by atoms with Crippen LogP contribution in [-0.4, -0.2) is 39.6 Å². The van der Waals surface area contributed by atoms with E-state index >= 15 is 0 Å². The summed E-state index contributed by atoms with van der Waals surface area (Å²) in [4.78, 5) is 24.7. The SMILES string of the molecule is CN1C[C@H]2CC[C@@H](C1)C2n1c(Nc2cccnc2)nc2ccc(F)cc2c1=O. The highest BCUT2D eigenvalue weighted by Gasteiger charge is 2.43. The van der Waals surface area contributed by atoms with Crippen LogP contribution >= 0.6 is 0 Å². The van der Waals surface area contributed by atoms with E-state index < -0.39 is 5.82 Å². The number of pyridine rings is 1. The molecule has 144 valence electrons. The maximum Gasteiger partial charge on any atom is 0.263 e. The molecule has 7 heteroatoms. The Hall–Kier alpha value is -2.80. The number of rotatable bonds is 3. The summed E-state index contributed by atoms with van der Waals surface area (Å²) in [5, 5.41) is 3.61. The quantitative estimate of drug-likeness (QED) is 0.757. The zero-order valence-electron chi connectivity index (χ0n) is 15.7. The van der Waals surface area contributed by atoms with Crippen molar-refractivity contribution in [1.29, 1.82) is 0 Å². The molecule has 1 N–H and O–H groups in total. The molecule has 2 aromatic heterocycles. The van der Waals surface area contributed by atoms with E-state index in [-0.39, 0.29) is 11.6 Å². The van der Waals surface area contributed by atoms with Crippen molar-refractivity contribution in [1.82, 2.24) is 19.4 Å². The number of benzene rings is 1. The van der Waals surface area contributed by atoms with Crippen molar-refractivity contribution in [2.45, 2.75) is 18.9 Å². The zero-order valence-corrected chi connectivity index (χ0v) is 15.7. The molecule has 6 nitrogen and oxygen atoms in total. The number of piperidine rings is 1. The Morgan fingerprint density at radius 1 is 1.18 bits per heavy atom. The van der Waals surface area contributed by atoms with Gasteiger partial charge in [0.25, 0.3) is 5.56 Å². The second-order valence-corrected chi connectivity index (χ2v) is 7.95. The molecule has 1 saturated carbocycles. The molecule has 3 atom stereocenters. The summed E-state index contributed by atoms with van der Waals surface area (Å²) in [5.41, 5.74) is 1.08. The van der Waals surface area contributed by atoms with Crippen LogP contribution in [-0.2, 0) is 0 Å². The van der Waals surface area contributed by atoms with E-state index in [9.17, 15) is 9.18 Å². The van der Waals surface area contributed by atoms with Crippen LogP contribution in [0.25, 0.3) is 10.9 Å². The summed E-state index contributed by atoms with van der Waals surface area (Å²) in [6.45, 7) is 1.92. The fourth-order valence-corrected chi connectivity index (χ4v) is 4.95. The lowest BCUT2D eigenvalue weighted by Crippen LogP contribution is -2.44. The number of anilines is 2. The highest BCUT2D eigenvalue weighted by Crippen LogP contribution is 2.45. The second-order valence-electron chi connectivity index (χ2n) is 7.95. The number of hydrogen-bond donors (Lipinski definition) is 1. The molecular weight excluding hydrogens is 357 g/mol. The van der Waals surface area contributed by atoms with Gasteiger partial charge in [-0.2, -0.15) is 0 Å². The third-order valence-corrected chi connectivity index (χ3v) is 6.04. The van der Waals surface area contributed by atoms with Gasteiger partial charge in [0.1, 0.15) is 5.82 Å². The smallest absolute Gasteiger partial charge is 0.263 e.